The lowest BCUT2D eigenvalue weighted by Crippen LogP contribution is -2.12. The van der Waals surface area contributed by atoms with Crippen molar-refractivity contribution in [1.82, 2.24) is 4.98 Å². The van der Waals surface area contributed by atoms with Gasteiger partial charge in [-0.2, -0.15) is 0 Å². The van der Waals surface area contributed by atoms with Gasteiger partial charge < -0.3 is 16.0 Å². The third-order valence-corrected chi connectivity index (χ3v) is 3.46. The number of rotatable bonds is 4. The molecule has 2 aromatic carbocycles. The van der Waals surface area contributed by atoms with Crippen LogP contribution in [0.1, 0.15) is 12.0 Å². The Labute approximate surface area is 123 Å². The molecule has 106 valence electrons. The highest BCUT2D eigenvalue weighted by molar-refractivity contribution is 5.93. The van der Waals surface area contributed by atoms with Crippen molar-refractivity contribution in [2.24, 2.45) is 0 Å². The predicted molar refractivity (Wildman–Crippen MR) is 86.1 cm³/mol. The number of aromatic amines is 1. The van der Waals surface area contributed by atoms with Gasteiger partial charge in [-0.1, -0.05) is 12.1 Å². The lowest BCUT2D eigenvalue weighted by molar-refractivity contribution is -0.116. The van der Waals surface area contributed by atoms with E-state index in [0.717, 1.165) is 27.8 Å². The number of nitrogens with two attached hydrogens (primary N) is 1. The van der Waals surface area contributed by atoms with Crippen LogP contribution in [0.3, 0.4) is 0 Å². The van der Waals surface area contributed by atoms with Crippen LogP contribution in [0.25, 0.3) is 10.9 Å². The molecule has 0 bridgehead atoms. The summed E-state index contributed by atoms with van der Waals surface area (Å²) in [6, 6.07) is 15.4. The standard InChI is InChI=1S/C17H17N3O/c18-14-4-1-12(2-5-14)3-8-17(21)20-15-6-7-16-13(11-15)9-10-19-16/h1-2,4-7,9-11,19H,3,8,18H2,(H,20,21). The smallest absolute Gasteiger partial charge is 0.224 e. The SMILES string of the molecule is Nc1ccc(CCC(=O)Nc2ccc3[nH]ccc3c2)cc1. The van der Waals surface area contributed by atoms with Crippen LogP contribution >= 0.6 is 0 Å². The monoisotopic (exact) mass is 279 g/mol. The summed E-state index contributed by atoms with van der Waals surface area (Å²) in [5.41, 5.74) is 9.38. The molecule has 0 radical (unpaired) electrons. The maximum absolute atomic E-state index is 12.0. The first-order chi connectivity index (χ1) is 10.2. The molecule has 4 N–H and O–H groups in total. The zero-order valence-electron chi connectivity index (χ0n) is 11.6. The van der Waals surface area contributed by atoms with Gasteiger partial charge in [-0.25, -0.2) is 0 Å². The van der Waals surface area contributed by atoms with E-state index in [9.17, 15) is 4.79 Å². The number of carbonyl (C=O) groups is 1. The molecule has 0 aliphatic heterocycles. The van der Waals surface area contributed by atoms with E-state index in [1.165, 1.54) is 0 Å². The van der Waals surface area contributed by atoms with Crippen molar-refractivity contribution >= 4 is 28.2 Å². The fourth-order valence-corrected chi connectivity index (χ4v) is 2.30. The first kappa shape index (κ1) is 13.2. The lowest BCUT2D eigenvalue weighted by Gasteiger charge is -2.06. The number of nitrogens with one attached hydrogen (secondary N) is 2. The van der Waals surface area contributed by atoms with Gasteiger partial charge in [-0.3, -0.25) is 4.79 Å². The van der Waals surface area contributed by atoms with Gasteiger partial charge in [0.15, 0.2) is 0 Å². The van der Waals surface area contributed by atoms with Crippen molar-refractivity contribution in [2.45, 2.75) is 12.8 Å². The number of benzene rings is 2. The summed E-state index contributed by atoms with van der Waals surface area (Å²) in [6.07, 6.45) is 3.05. The van der Waals surface area contributed by atoms with Crippen LogP contribution in [0, 0.1) is 0 Å². The number of fused-ring (bicyclic) bond motifs is 1. The van der Waals surface area contributed by atoms with Gasteiger partial charge in [0.25, 0.3) is 0 Å². The van der Waals surface area contributed by atoms with E-state index in [1.54, 1.807) is 0 Å². The molecule has 0 aliphatic rings. The van der Waals surface area contributed by atoms with E-state index in [0.29, 0.717) is 12.8 Å². The predicted octanol–water partition coefficient (Wildman–Crippen LogP) is 3.32. The van der Waals surface area contributed by atoms with Crippen molar-refractivity contribution in [3.05, 3.63) is 60.3 Å². The van der Waals surface area contributed by atoms with Crippen molar-refractivity contribution < 1.29 is 4.79 Å². The number of nitrogen functional groups attached to an aromatic ring is 1. The van der Waals surface area contributed by atoms with Crippen LogP contribution in [0.15, 0.2) is 54.7 Å². The molecule has 4 nitrogen and oxygen atoms in total. The summed E-state index contributed by atoms with van der Waals surface area (Å²) in [4.78, 5) is 15.1. The number of aromatic nitrogens is 1. The Kier molecular flexibility index (Phi) is 3.60. The van der Waals surface area contributed by atoms with E-state index in [2.05, 4.69) is 10.3 Å². The number of hydrogen-bond acceptors (Lipinski definition) is 2. The lowest BCUT2D eigenvalue weighted by atomic mass is 10.1. The van der Waals surface area contributed by atoms with Crippen LogP contribution in [0.4, 0.5) is 11.4 Å². The summed E-state index contributed by atoms with van der Waals surface area (Å²) >= 11 is 0. The molecule has 0 fully saturated rings. The zero-order valence-corrected chi connectivity index (χ0v) is 11.6. The van der Waals surface area contributed by atoms with E-state index in [1.807, 2.05) is 54.7 Å². The molecular weight excluding hydrogens is 262 g/mol. The maximum atomic E-state index is 12.0. The van der Waals surface area contributed by atoms with Crippen LogP contribution in [0.5, 0.6) is 0 Å². The normalized spacial score (nSPS) is 10.7. The largest absolute Gasteiger partial charge is 0.399 e. The summed E-state index contributed by atoms with van der Waals surface area (Å²) in [5.74, 6) is 0.0155. The van der Waals surface area contributed by atoms with Gasteiger partial charge in [0.2, 0.25) is 5.91 Å². The third-order valence-electron chi connectivity index (χ3n) is 3.46. The molecular formula is C17H17N3O. The van der Waals surface area contributed by atoms with Gasteiger partial charge in [0.1, 0.15) is 0 Å². The molecule has 0 spiro atoms. The second kappa shape index (κ2) is 5.71. The Balaban J connectivity index is 1.59. The summed E-state index contributed by atoms with van der Waals surface area (Å²) in [6.45, 7) is 0. The molecule has 1 aromatic heterocycles. The third kappa shape index (κ3) is 3.23. The van der Waals surface area contributed by atoms with Gasteiger partial charge in [-0.05, 0) is 48.4 Å². The van der Waals surface area contributed by atoms with Gasteiger partial charge in [0.05, 0.1) is 0 Å². The molecule has 3 aromatic rings. The summed E-state index contributed by atoms with van der Waals surface area (Å²) in [7, 11) is 0. The number of aryl methyl sites for hydroxylation is 1. The minimum atomic E-state index is 0.0155. The molecule has 3 rings (SSSR count). The number of carbonyl (C=O) groups excluding carboxylic acids is 1. The fourth-order valence-electron chi connectivity index (χ4n) is 2.30. The Hall–Kier alpha value is -2.75. The number of anilines is 2. The zero-order chi connectivity index (χ0) is 14.7. The fraction of sp³-hybridized carbons (Fsp3) is 0.118. The molecule has 1 heterocycles. The Morgan fingerprint density at radius 3 is 2.71 bits per heavy atom. The second-order valence-electron chi connectivity index (χ2n) is 5.07. The van der Waals surface area contributed by atoms with Crippen LogP contribution in [-0.2, 0) is 11.2 Å². The van der Waals surface area contributed by atoms with Gasteiger partial charge >= 0.3 is 0 Å². The maximum Gasteiger partial charge on any atom is 0.224 e. The minimum absolute atomic E-state index is 0.0155. The quantitative estimate of drug-likeness (QED) is 0.641. The average Bonchev–Trinajstić information content (AvgIpc) is 2.94. The Morgan fingerprint density at radius 2 is 1.90 bits per heavy atom. The first-order valence-corrected chi connectivity index (χ1v) is 6.92. The van der Waals surface area contributed by atoms with E-state index in [4.69, 9.17) is 5.73 Å². The van der Waals surface area contributed by atoms with E-state index >= 15 is 0 Å². The highest BCUT2D eigenvalue weighted by Crippen LogP contribution is 2.18. The topological polar surface area (TPSA) is 70.9 Å². The molecule has 21 heavy (non-hydrogen) atoms. The van der Waals surface area contributed by atoms with Crippen LogP contribution in [-0.4, -0.2) is 10.9 Å². The Bertz CT molecular complexity index is 759. The summed E-state index contributed by atoms with van der Waals surface area (Å²) < 4.78 is 0. The number of hydrogen-bond donors (Lipinski definition) is 3. The minimum Gasteiger partial charge on any atom is -0.399 e. The van der Waals surface area contributed by atoms with Crippen molar-refractivity contribution in [1.29, 1.82) is 0 Å². The molecule has 0 atom stereocenters. The highest BCUT2D eigenvalue weighted by atomic mass is 16.1. The average molecular weight is 279 g/mol. The molecule has 1 amide bonds. The molecule has 0 unspecified atom stereocenters. The highest BCUT2D eigenvalue weighted by Gasteiger charge is 2.04. The van der Waals surface area contributed by atoms with Crippen LogP contribution in [0.2, 0.25) is 0 Å². The number of H-pyrrole nitrogens is 1. The van der Waals surface area contributed by atoms with Crippen molar-refractivity contribution in [2.75, 3.05) is 11.1 Å². The van der Waals surface area contributed by atoms with Crippen molar-refractivity contribution in [3.8, 4) is 0 Å². The Morgan fingerprint density at radius 1 is 1.10 bits per heavy atom. The second-order valence-corrected chi connectivity index (χ2v) is 5.07. The van der Waals surface area contributed by atoms with Gasteiger partial charge in [-0.15, -0.1) is 0 Å². The molecule has 4 heteroatoms. The summed E-state index contributed by atoms with van der Waals surface area (Å²) in [5, 5.41) is 4.02. The first-order valence-electron chi connectivity index (χ1n) is 6.92. The van der Waals surface area contributed by atoms with Gasteiger partial charge in [0, 0.05) is 34.9 Å². The van der Waals surface area contributed by atoms with E-state index in [-0.39, 0.29) is 5.91 Å². The molecule has 0 aliphatic carbocycles. The van der Waals surface area contributed by atoms with Crippen molar-refractivity contribution in [3.63, 3.8) is 0 Å². The molecule has 0 saturated heterocycles. The van der Waals surface area contributed by atoms with Crippen LogP contribution < -0.4 is 11.1 Å². The number of amides is 1. The molecule has 0 saturated carbocycles. The van der Waals surface area contributed by atoms with E-state index < -0.39 is 0 Å².